The molecule has 24 heavy (non-hydrogen) atoms. The molecule has 2 amide bonds. The highest BCUT2D eigenvalue weighted by Gasteiger charge is 2.29. The topological polar surface area (TPSA) is 88.2 Å². The SMILES string of the molecule is COCCNC(=O)N1CCC(OC2CCN(S(C)(=O)=O)CC2)CC1. The van der Waals surface area contributed by atoms with E-state index in [1.54, 1.807) is 7.11 Å². The van der Waals surface area contributed by atoms with E-state index in [1.807, 2.05) is 4.90 Å². The van der Waals surface area contributed by atoms with Crippen molar-refractivity contribution in [2.75, 3.05) is 52.7 Å². The van der Waals surface area contributed by atoms with Crippen molar-refractivity contribution in [3.05, 3.63) is 0 Å². The van der Waals surface area contributed by atoms with Crippen LogP contribution in [0.15, 0.2) is 0 Å². The number of methoxy groups -OCH3 is 1. The number of ether oxygens (including phenoxy) is 2. The van der Waals surface area contributed by atoms with Gasteiger partial charge in [-0.15, -0.1) is 0 Å². The lowest BCUT2D eigenvalue weighted by Gasteiger charge is -2.36. The van der Waals surface area contributed by atoms with Gasteiger partial charge in [-0.05, 0) is 25.7 Å². The molecule has 2 fully saturated rings. The third-order valence-electron chi connectivity index (χ3n) is 4.57. The molecule has 2 aliphatic rings. The summed E-state index contributed by atoms with van der Waals surface area (Å²) < 4.78 is 35.6. The number of rotatable bonds is 6. The van der Waals surface area contributed by atoms with E-state index in [4.69, 9.17) is 9.47 Å². The molecule has 140 valence electrons. The zero-order valence-electron chi connectivity index (χ0n) is 14.6. The molecule has 0 atom stereocenters. The largest absolute Gasteiger partial charge is 0.383 e. The number of piperidine rings is 2. The summed E-state index contributed by atoms with van der Waals surface area (Å²) in [6, 6.07) is -0.0491. The second-order valence-corrected chi connectivity index (χ2v) is 8.39. The summed E-state index contributed by atoms with van der Waals surface area (Å²) >= 11 is 0. The van der Waals surface area contributed by atoms with Gasteiger partial charge in [-0.25, -0.2) is 17.5 Å². The molecule has 9 heteroatoms. The minimum atomic E-state index is -3.09. The quantitative estimate of drug-likeness (QED) is 0.684. The smallest absolute Gasteiger partial charge is 0.317 e. The van der Waals surface area contributed by atoms with Gasteiger partial charge in [-0.3, -0.25) is 0 Å². The number of likely N-dealkylation sites (tertiary alicyclic amines) is 1. The van der Waals surface area contributed by atoms with Gasteiger partial charge in [0.1, 0.15) is 0 Å². The van der Waals surface area contributed by atoms with Crippen molar-refractivity contribution in [2.45, 2.75) is 37.9 Å². The summed E-state index contributed by atoms with van der Waals surface area (Å²) in [4.78, 5) is 13.8. The van der Waals surface area contributed by atoms with Crippen molar-refractivity contribution in [1.29, 1.82) is 0 Å². The predicted octanol–water partition coefficient (Wildman–Crippen LogP) is 0.247. The van der Waals surface area contributed by atoms with Crippen molar-refractivity contribution < 1.29 is 22.7 Å². The van der Waals surface area contributed by atoms with Crippen LogP contribution in [0.5, 0.6) is 0 Å². The normalized spacial score (nSPS) is 21.8. The summed E-state index contributed by atoms with van der Waals surface area (Å²) in [6.07, 6.45) is 4.66. The lowest BCUT2D eigenvalue weighted by atomic mass is 10.1. The van der Waals surface area contributed by atoms with Crippen LogP contribution in [0.25, 0.3) is 0 Å². The van der Waals surface area contributed by atoms with E-state index in [1.165, 1.54) is 10.6 Å². The Morgan fingerprint density at radius 3 is 2.12 bits per heavy atom. The van der Waals surface area contributed by atoms with E-state index in [0.29, 0.717) is 39.3 Å². The Morgan fingerprint density at radius 2 is 1.62 bits per heavy atom. The molecule has 0 aromatic heterocycles. The molecule has 0 aliphatic carbocycles. The Bertz CT molecular complexity index is 497. The van der Waals surface area contributed by atoms with E-state index in [9.17, 15) is 13.2 Å². The van der Waals surface area contributed by atoms with Crippen molar-refractivity contribution in [3.63, 3.8) is 0 Å². The number of amides is 2. The molecule has 2 heterocycles. The van der Waals surface area contributed by atoms with E-state index in [-0.39, 0.29) is 18.2 Å². The van der Waals surface area contributed by atoms with Gasteiger partial charge in [0.05, 0.1) is 25.1 Å². The number of urea groups is 1. The lowest BCUT2D eigenvalue weighted by molar-refractivity contribution is -0.0546. The summed E-state index contributed by atoms with van der Waals surface area (Å²) in [5, 5.41) is 2.83. The van der Waals surface area contributed by atoms with E-state index < -0.39 is 10.0 Å². The molecule has 2 saturated heterocycles. The third kappa shape index (κ3) is 5.87. The first-order valence-electron chi connectivity index (χ1n) is 8.52. The van der Waals surface area contributed by atoms with E-state index in [0.717, 1.165) is 25.7 Å². The minimum Gasteiger partial charge on any atom is -0.383 e. The van der Waals surface area contributed by atoms with Gasteiger partial charge >= 0.3 is 6.03 Å². The molecule has 0 aromatic rings. The standard InChI is InChI=1S/C15H29N3O5S/c1-22-12-7-16-15(19)17-8-3-13(4-9-17)23-14-5-10-18(11-6-14)24(2,20)21/h13-14H,3-12H2,1-2H3,(H,16,19). The fourth-order valence-corrected chi connectivity index (χ4v) is 4.01. The third-order valence-corrected chi connectivity index (χ3v) is 5.87. The number of hydrogen-bond donors (Lipinski definition) is 1. The van der Waals surface area contributed by atoms with Gasteiger partial charge in [-0.2, -0.15) is 0 Å². The second kappa shape index (κ2) is 8.98. The van der Waals surface area contributed by atoms with Crippen LogP contribution >= 0.6 is 0 Å². The molecule has 1 N–H and O–H groups in total. The highest BCUT2D eigenvalue weighted by molar-refractivity contribution is 7.88. The van der Waals surface area contributed by atoms with Crippen LogP contribution in [0.2, 0.25) is 0 Å². The van der Waals surface area contributed by atoms with E-state index >= 15 is 0 Å². The summed E-state index contributed by atoms with van der Waals surface area (Å²) in [6.45, 7) is 3.47. The maximum atomic E-state index is 12.0. The number of carbonyl (C=O) groups excluding carboxylic acids is 1. The lowest BCUT2D eigenvalue weighted by Crippen LogP contribution is -2.47. The highest BCUT2D eigenvalue weighted by Crippen LogP contribution is 2.22. The number of sulfonamides is 1. The summed E-state index contributed by atoms with van der Waals surface area (Å²) in [7, 11) is -1.48. The van der Waals surface area contributed by atoms with Gasteiger partial charge in [0.15, 0.2) is 0 Å². The van der Waals surface area contributed by atoms with Crippen molar-refractivity contribution in [1.82, 2.24) is 14.5 Å². The number of nitrogens with one attached hydrogen (secondary N) is 1. The molecular weight excluding hydrogens is 334 g/mol. The Balaban J connectivity index is 1.66. The molecule has 0 saturated carbocycles. The predicted molar refractivity (Wildman–Crippen MR) is 90.4 cm³/mol. The van der Waals surface area contributed by atoms with E-state index in [2.05, 4.69) is 5.32 Å². The van der Waals surface area contributed by atoms with Gasteiger partial charge in [-0.1, -0.05) is 0 Å². The second-order valence-electron chi connectivity index (χ2n) is 6.41. The highest BCUT2D eigenvalue weighted by atomic mass is 32.2. The van der Waals surface area contributed by atoms with Crippen LogP contribution in [0.3, 0.4) is 0 Å². The maximum Gasteiger partial charge on any atom is 0.317 e. The van der Waals surface area contributed by atoms with Gasteiger partial charge in [0.2, 0.25) is 10.0 Å². The molecule has 0 aromatic carbocycles. The minimum absolute atomic E-state index is 0.0491. The Hall–Kier alpha value is -0.900. The van der Waals surface area contributed by atoms with Crippen LogP contribution in [0.1, 0.15) is 25.7 Å². The molecule has 0 bridgehead atoms. The molecule has 0 unspecified atom stereocenters. The first-order chi connectivity index (χ1) is 11.4. The number of carbonyl (C=O) groups is 1. The summed E-state index contributed by atoms with van der Waals surface area (Å²) in [5.74, 6) is 0. The zero-order valence-corrected chi connectivity index (χ0v) is 15.4. The molecule has 8 nitrogen and oxygen atoms in total. The molecular formula is C15H29N3O5S. The molecule has 0 spiro atoms. The van der Waals surface area contributed by atoms with Crippen molar-refractivity contribution >= 4 is 16.1 Å². The first kappa shape index (κ1) is 19.4. The number of nitrogens with zero attached hydrogens (tertiary/aromatic N) is 2. The van der Waals surface area contributed by atoms with Crippen LogP contribution < -0.4 is 5.32 Å². The number of hydrogen-bond acceptors (Lipinski definition) is 5. The van der Waals surface area contributed by atoms with Gasteiger partial charge < -0.3 is 19.7 Å². The Labute approximate surface area is 144 Å². The van der Waals surface area contributed by atoms with Crippen LogP contribution in [-0.2, 0) is 19.5 Å². The average molecular weight is 363 g/mol. The van der Waals surface area contributed by atoms with Gasteiger partial charge in [0, 0.05) is 39.8 Å². The Kier molecular flexibility index (Phi) is 7.27. The molecule has 0 radical (unpaired) electrons. The molecule has 2 rings (SSSR count). The molecule has 2 aliphatic heterocycles. The average Bonchev–Trinajstić information content (AvgIpc) is 2.55. The van der Waals surface area contributed by atoms with Crippen molar-refractivity contribution in [2.24, 2.45) is 0 Å². The van der Waals surface area contributed by atoms with Gasteiger partial charge in [0.25, 0.3) is 0 Å². The van der Waals surface area contributed by atoms with Crippen LogP contribution in [-0.4, -0.2) is 88.6 Å². The van der Waals surface area contributed by atoms with Crippen molar-refractivity contribution in [3.8, 4) is 0 Å². The first-order valence-corrected chi connectivity index (χ1v) is 10.4. The summed E-state index contributed by atoms with van der Waals surface area (Å²) in [5.41, 5.74) is 0. The zero-order chi connectivity index (χ0) is 17.6. The monoisotopic (exact) mass is 363 g/mol. The fourth-order valence-electron chi connectivity index (χ4n) is 3.14. The fraction of sp³-hybridized carbons (Fsp3) is 0.933. The van der Waals surface area contributed by atoms with Crippen LogP contribution in [0, 0.1) is 0 Å². The van der Waals surface area contributed by atoms with Crippen LogP contribution in [0.4, 0.5) is 4.79 Å². The Morgan fingerprint density at radius 1 is 1.08 bits per heavy atom. The maximum absolute atomic E-state index is 12.0.